The Hall–Kier alpha value is -4.94. The number of para-hydroxylation sites is 1. The highest BCUT2D eigenvalue weighted by molar-refractivity contribution is 6.07. The second-order valence-corrected chi connectivity index (χ2v) is 10.4. The van der Waals surface area contributed by atoms with Crippen LogP contribution in [0.2, 0.25) is 0 Å². The Morgan fingerprint density at radius 2 is 1.78 bits per heavy atom. The first kappa shape index (κ1) is 26.3. The van der Waals surface area contributed by atoms with Crippen molar-refractivity contribution in [2.75, 3.05) is 41.7 Å². The summed E-state index contributed by atoms with van der Waals surface area (Å²) in [5, 5.41) is 19.8. The first-order valence-electron chi connectivity index (χ1n) is 13.7. The Morgan fingerprint density at radius 1 is 1.05 bits per heavy atom. The van der Waals surface area contributed by atoms with Gasteiger partial charge >= 0.3 is 0 Å². The van der Waals surface area contributed by atoms with Gasteiger partial charge in [-0.1, -0.05) is 41.6 Å². The van der Waals surface area contributed by atoms with E-state index in [0.717, 1.165) is 41.2 Å². The number of benzene rings is 3. The lowest BCUT2D eigenvalue weighted by Crippen LogP contribution is -2.48. The Morgan fingerprint density at radius 3 is 2.51 bits per heavy atom. The van der Waals surface area contributed by atoms with E-state index in [-0.39, 0.29) is 24.3 Å². The number of carbonyl (C=O) groups is 2. The Bertz CT molecular complexity index is 1660. The molecule has 2 aliphatic rings. The van der Waals surface area contributed by atoms with E-state index in [1.807, 2.05) is 61.5 Å². The van der Waals surface area contributed by atoms with E-state index < -0.39 is 0 Å². The van der Waals surface area contributed by atoms with Crippen LogP contribution in [0, 0.1) is 25.2 Å². The summed E-state index contributed by atoms with van der Waals surface area (Å²) in [5.74, 6) is 0.344. The van der Waals surface area contributed by atoms with Crippen molar-refractivity contribution in [2.24, 2.45) is 0 Å². The van der Waals surface area contributed by atoms with Gasteiger partial charge in [0.1, 0.15) is 11.8 Å². The molecule has 3 aromatic carbocycles. The first-order chi connectivity index (χ1) is 19.9. The third-order valence-electron chi connectivity index (χ3n) is 7.94. The van der Waals surface area contributed by atoms with Crippen LogP contribution in [0.3, 0.4) is 0 Å². The lowest BCUT2D eigenvalue weighted by Gasteiger charge is -2.41. The van der Waals surface area contributed by atoms with E-state index in [4.69, 9.17) is 4.52 Å². The molecular formula is C32H30N6O3. The number of nitriles is 1. The van der Waals surface area contributed by atoms with Crippen LogP contribution in [-0.4, -0.2) is 48.0 Å². The predicted molar refractivity (Wildman–Crippen MR) is 156 cm³/mol. The van der Waals surface area contributed by atoms with Crippen LogP contribution in [0.25, 0.3) is 0 Å². The smallest absolute Gasteiger partial charge is 0.256 e. The number of nitrogens with zero attached hydrogens (tertiary/aromatic N) is 4. The molecule has 3 heterocycles. The summed E-state index contributed by atoms with van der Waals surface area (Å²) < 4.78 is 5.16. The molecule has 0 radical (unpaired) electrons. The SMILES string of the molecule is Cc1noc(C)c1CC(=O)Nc1ccc(N2CCN(C3c4ccccc4NC(=O)c4ccccc43)CC2)c(C#N)c1. The highest BCUT2D eigenvalue weighted by Crippen LogP contribution is 2.39. The molecule has 0 spiro atoms. The van der Waals surface area contributed by atoms with Gasteiger partial charge in [0.05, 0.1) is 29.4 Å². The molecule has 2 aliphatic heterocycles. The van der Waals surface area contributed by atoms with Crippen molar-refractivity contribution >= 4 is 28.9 Å². The molecule has 41 heavy (non-hydrogen) atoms. The molecule has 1 saturated heterocycles. The quantitative estimate of drug-likeness (QED) is 0.369. The van der Waals surface area contributed by atoms with E-state index in [1.165, 1.54) is 0 Å². The molecule has 6 rings (SSSR count). The number of nitrogens with one attached hydrogen (secondary N) is 2. The second kappa shape index (κ2) is 10.9. The molecule has 1 aromatic heterocycles. The molecule has 2 amide bonds. The van der Waals surface area contributed by atoms with Crippen molar-refractivity contribution in [3.63, 3.8) is 0 Å². The number of hydrogen-bond donors (Lipinski definition) is 2. The summed E-state index contributed by atoms with van der Waals surface area (Å²) in [6.45, 7) is 6.54. The maximum atomic E-state index is 13.0. The third kappa shape index (κ3) is 5.06. The molecule has 0 bridgehead atoms. The zero-order valence-electron chi connectivity index (χ0n) is 23.0. The number of hydrogen-bond acceptors (Lipinski definition) is 7. The van der Waals surface area contributed by atoms with Crippen LogP contribution in [0.5, 0.6) is 0 Å². The number of anilines is 3. The summed E-state index contributed by atoms with van der Waals surface area (Å²) in [6, 6.07) is 23.5. The molecular weight excluding hydrogens is 516 g/mol. The number of piperazine rings is 1. The topological polar surface area (TPSA) is 114 Å². The lowest BCUT2D eigenvalue weighted by molar-refractivity contribution is -0.115. The van der Waals surface area contributed by atoms with E-state index >= 15 is 0 Å². The molecule has 1 unspecified atom stereocenters. The Kier molecular flexibility index (Phi) is 7.00. The van der Waals surface area contributed by atoms with E-state index in [9.17, 15) is 14.9 Å². The summed E-state index contributed by atoms with van der Waals surface area (Å²) >= 11 is 0. The van der Waals surface area contributed by atoms with Gasteiger partial charge in [-0.25, -0.2) is 0 Å². The first-order valence-corrected chi connectivity index (χ1v) is 13.7. The van der Waals surface area contributed by atoms with E-state index in [1.54, 1.807) is 13.0 Å². The van der Waals surface area contributed by atoms with Gasteiger partial charge in [0, 0.05) is 48.7 Å². The van der Waals surface area contributed by atoms with Crippen molar-refractivity contribution in [3.8, 4) is 6.07 Å². The molecule has 1 atom stereocenters. The van der Waals surface area contributed by atoms with Crippen LogP contribution in [-0.2, 0) is 11.2 Å². The van der Waals surface area contributed by atoms with Gasteiger partial charge in [-0.3, -0.25) is 14.5 Å². The monoisotopic (exact) mass is 546 g/mol. The van der Waals surface area contributed by atoms with Crippen molar-refractivity contribution in [1.29, 1.82) is 5.26 Å². The molecule has 1 fully saturated rings. The minimum atomic E-state index is -0.193. The molecule has 206 valence electrons. The number of aryl methyl sites for hydroxylation is 2. The fourth-order valence-electron chi connectivity index (χ4n) is 5.86. The molecule has 9 nitrogen and oxygen atoms in total. The number of amides is 2. The van der Waals surface area contributed by atoms with Crippen LogP contribution >= 0.6 is 0 Å². The number of rotatable bonds is 5. The maximum absolute atomic E-state index is 13.0. The fraction of sp³-hybridized carbons (Fsp3) is 0.250. The largest absolute Gasteiger partial charge is 0.368 e. The molecule has 0 saturated carbocycles. The highest BCUT2D eigenvalue weighted by atomic mass is 16.5. The molecule has 9 heteroatoms. The Balaban J connectivity index is 1.19. The summed E-state index contributed by atoms with van der Waals surface area (Å²) in [7, 11) is 0. The van der Waals surface area contributed by atoms with Crippen molar-refractivity contribution in [2.45, 2.75) is 26.3 Å². The van der Waals surface area contributed by atoms with Gasteiger partial charge < -0.3 is 20.1 Å². The van der Waals surface area contributed by atoms with E-state index in [2.05, 4.69) is 37.7 Å². The highest BCUT2D eigenvalue weighted by Gasteiger charge is 2.33. The van der Waals surface area contributed by atoms with Gasteiger partial charge in [-0.2, -0.15) is 5.26 Å². The van der Waals surface area contributed by atoms with Gasteiger partial charge in [0.2, 0.25) is 5.91 Å². The van der Waals surface area contributed by atoms with E-state index in [0.29, 0.717) is 41.4 Å². The zero-order valence-corrected chi connectivity index (χ0v) is 23.0. The lowest BCUT2D eigenvalue weighted by atomic mass is 9.93. The maximum Gasteiger partial charge on any atom is 0.256 e. The third-order valence-corrected chi connectivity index (χ3v) is 7.94. The van der Waals surface area contributed by atoms with Crippen molar-refractivity contribution in [3.05, 3.63) is 106 Å². The zero-order chi connectivity index (χ0) is 28.5. The van der Waals surface area contributed by atoms with Crippen LogP contribution < -0.4 is 15.5 Å². The Labute approximate surface area is 238 Å². The van der Waals surface area contributed by atoms with Gasteiger partial charge in [-0.05, 0) is 55.3 Å². The van der Waals surface area contributed by atoms with Crippen LogP contribution in [0.1, 0.15) is 50.1 Å². The average molecular weight is 547 g/mol. The molecule has 0 aliphatic carbocycles. The number of aromatic nitrogens is 1. The minimum Gasteiger partial charge on any atom is -0.368 e. The predicted octanol–water partition coefficient (Wildman–Crippen LogP) is 4.82. The normalized spacial score (nSPS) is 16.7. The second-order valence-electron chi connectivity index (χ2n) is 10.4. The van der Waals surface area contributed by atoms with Gasteiger partial charge in [-0.15, -0.1) is 0 Å². The van der Waals surface area contributed by atoms with Crippen molar-refractivity contribution in [1.82, 2.24) is 10.1 Å². The van der Waals surface area contributed by atoms with Crippen LogP contribution in [0.15, 0.2) is 71.3 Å². The van der Waals surface area contributed by atoms with Crippen LogP contribution in [0.4, 0.5) is 17.1 Å². The molecule has 4 aromatic rings. The van der Waals surface area contributed by atoms with Crippen molar-refractivity contribution < 1.29 is 14.1 Å². The number of fused-ring (bicyclic) bond motifs is 2. The standard InChI is InChI=1S/C32H30N6O3/c1-20-27(21(2)41-36-20)18-30(39)34-23-11-12-29(22(17-23)19-33)37-13-15-38(16-14-37)31-24-7-3-4-8-25(24)32(40)35-28-10-6-5-9-26(28)31/h3-12,17,31H,13-16,18H2,1-2H3,(H,34,39)(H,35,40). The van der Waals surface area contributed by atoms with Gasteiger partial charge in [0.25, 0.3) is 5.91 Å². The molecule has 2 N–H and O–H groups in total. The summed E-state index contributed by atoms with van der Waals surface area (Å²) in [5.41, 5.74) is 6.99. The fourth-order valence-corrected chi connectivity index (χ4v) is 5.86. The van der Waals surface area contributed by atoms with Gasteiger partial charge in [0.15, 0.2) is 0 Å². The summed E-state index contributed by atoms with van der Waals surface area (Å²) in [4.78, 5) is 30.3. The summed E-state index contributed by atoms with van der Waals surface area (Å²) in [6.07, 6.45) is 0.154. The average Bonchev–Trinajstić information content (AvgIpc) is 3.23. The minimum absolute atomic E-state index is 0.0609. The number of carbonyl (C=O) groups excluding carboxylic acids is 2.